The van der Waals surface area contributed by atoms with Crippen LogP contribution in [0.3, 0.4) is 0 Å². The van der Waals surface area contributed by atoms with Crippen LogP contribution in [0.4, 0.5) is 0 Å². The number of ether oxygens (including phenoxy) is 3. The summed E-state index contributed by atoms with van der Waals surface area (Å²) in [5.74, 6) is 1.77. The number of methoxy groups -OCH3 is 2. The Morgan fingerprint density at radius 2 is 1.38 bits per heavy atom. The number of amides is 1. The van der Waals surface area contributed by atoms with Gasteiger partial charge >= 0.3 is 0 Å². The minimum absolute atomic E-state index is 0.0573. The maximum atomic E-state index is 14.5. The van der Waals surface area contributed by atoms with Crippen molar-refractivity contribution in [2.45, 2.75) is 32.2 Å². The topological polar surface area (TPSA) is 48.0 Å². The van der Waals surface area contributed by atoms with Gasteiger partial charge in [0.2, 0.25) is 5.91 Å². The third-order valence-electron chi connectivity index (χ3n) is 7.40. The fraction of sp³-hybridized carbons (Fsp3) is 0.265. The summed E-state index contributed by atoms with van der Waals surface area (Å²) in [6.07, 6.45) is 0.720. The lowest BCUT2D eigenvalue weighted by molar-refractivity contribution is -0.135. The second-order valence-electron chi connectivity index (χ2n) is 10.1. The van der Waals surface area contributed by atoms with Crippen LogP contribution in [0.25, 0.3) is 0 Å². The molecule has 5 nitrogen and oxygen atoms in total. The van der Waals surface area contributed by atoms with Crippen molar-refractivity contribution in [2.24, 2.45) is 0 Å². The first-order valence-corrected chi connectivity index (χ1v) is 13.3. The number of hydrogen-bond acceptors (Lipinski definition) is 4. The van der Waals surface area contributed by atoms with E-state index in [4.69, 9.17) is 14.2 Å². The fourth-order valence-corrected chi connectivity index (χ4v) is 5.60. The molecule has 4 aromatic rings. The van der Waals surface area contributed by atoms with Gasteiger partial charge in [0.25, 0.3) is 0 Å². The van der Waals surface area contributed by atoms with Gasteiger partial charge in [-0.1, -0.05) is 66.7 Å². The lowest BCUT2D eigenvalue weighted by Crippen LogP contribution is -2.45. The van der Waals surface area contributed by atoms with Crippen LogP contribution in [0, 0.1) is 13.8 Å². The Labute approximate surface area is 231 Å². The van der Waals surface area contributed by atoms with E-state index in [2.05, 4.69) is 19.9 Å². The van der Waals surface area contributed by atoms with Crippen LogP contribution < -0.4 is 14.2 Å². The molecule has 1 heterocycles. The molecule has 5 heteroatoms. The molecule has 200 valence electrons. The third kappa shape index (κ3) is 5.63. The van der Waals surface area contributed by atoms with Crippen molar-refractivity contribution in [2.75, 3.05) is 27.4 Å². The van der Waals surface area contributed by atoms with Gasteiger partial charge in [-0.15, -0.1) is 0 Å². The molecule has 0 saturated heterocycles. The van der Waals surface area contributed by atoms with Crippen LogP contribution in [0.2, 0.25) is 0 Å². The molecule has 0 spiro atoms. The van der Waals surface area contributed by atoms with E-state index >= 15 is 0 Å². The van der Waals surface area contributed by atoms with Crippen molar-refractivity contribution >= 4 is 5.91 Å². The highest BCUT2D eigenvalue weighted by molar-refractivity contribution is 5.88. The Bertz CT molecular complexity index is 1380. The van der Waals surface area contributed by atoms with E-state index in [1.165, 1.54) is 0 Å². The Morgan fingerprint density at radius 1 is 0.821 bits per heavy atom. The second-order valence-corrected chi connectivity index (χ2v) is 10.1. The molecule has 0 bridgehead atoms. The zero-order chi connectivity index (χ0) is 27.4. The van der Waals surface area contributed by atoms with E-state index in [-0.39, 0.29) is 11.9 Å². The summed E-state index contributed by atoms with van der Waals surface area (Å²) < 4.78 is 17.6. The monoisotopic (exact) mass is 521 g/mol. The summed E-state index contributed by atoms with van der Waals surface area (Å²) in [7, 11) is 3.28. The normalized spacial score (nSPS) is 14.6. The van der Waals surface area contributed by atoms with E-state index in [1.54, 1.807) is 14.2 Å². The zero-order valence-electron chi connectivity index (χ0n) is 23.0. The summed E-state index contributed by atoms with van der Waals surface area (Å²) in [4.78, 5) is 16.5. The van der Waals surface area contributed by atoms with Crippen LogP contribution in [0.15, 0.2) is 91.0 Å². The van der Waals surface area contributed by atoms with Crippen molar-refractivity contribution in [3.05, 3.63) is 124 Å². The minimum Gasteiger partial charge on any atom is -0.493 e. The summed E-state index contributed by atoms with van der Waals surface area (Å²) in [6, 6.07) is 30.0. The van der Waals surface area contributed by atoms with E-state index in [0.29, 0.717) is 24.7 Å². The summed E-state index contributed by atoms with van der Waals surface area (Å²) in [5.41, 5.74) is 6.39. The highest BCUT2D eigenvalue weighted by Gasteiger charge is 2.37. The smallest absolute Gasteiger partial charge is 0.235 e. The number of carbonyl (C=O) groups excluding carboxylic acids is 1. The van der Waals surface area contributed by atoms with Gasteiger partial charge in [0.1, 0.15) is 12.4 Å². The SMILES string of the molecule is COc1cc2c(cc1OC)C(COc1cc(C)cc(C)c1)N(C(=O)C(c1ccccc1)c1ccccc1)CC2. The average molecular weight is 522 g/mol. The summed E-state index contributed by atoms with van der Waals surface area (Å²) in [5, 5.41) is 0. The molecule has 1 amide bonds. The molecule has 0 aliphatic carbocycles. The van der Waals surface area contributed by atoms with Gasteiger partial charge in [-0.2, -0.15) is 0 Å². The Morgan fingerprint density at radius 3 is 1.95 bits per heavy atom. The predicted molar refractivity (Wildman–Crippen MR) is 154 cm³/mol. The number of benzene rings is 4. The lowest BCUT2D eigenvalue weighted by atomic mass is 9.86. The van der Waals surface area contributed by atoms with Crippen molar-refractivity contribution in [1.82, 2.24) is 4.90 Å². The van der Waals surface area contributed by atoms with Gasteiger partial charge < -0.3 is 19.1 Å². The number of nitrogens with zero attached hydrogens (tertiary/aromatic N) is 1. The van der Waals surface area contributed by atoms with E-state index in [0.717, 1.165) is 45.6 Å². The number of carbonyl (C=O) groups is 1. The fourth-order valence-electron chi connectivity index (χ4n) is 5.60. The zero-order valence-corrected chi connectivity index (χ0v) is 23.0. The molecular formula is C34H35NO4. The van der Waals surface area contributed by atoms with Crippen molar-refractivity contribution in [3.63, 3.8) is 0 Å². The first kappa shape index (κ1) is 26.4. The number of hydrogen-bond donors (Lipinski definition) is 0. The van der Waals surface area contributed by atoms with E-state index in [9.17, 15) is 4.79 Å². The average Bonchev–Trinajstić information content (AvgIpc) is 2.95. The molecule has 4 aromatic carbocycles. The van der Waals surface area contributed by atoms with Crippen molar-refractivity contribution < 1.29 is 19.0 Å². The molecule has 0 saturated carbocycles. The van der Waals surface area contributed by atoms with Crippen LogP contribution in [-0.4, -0.2) is 38.2 Å². The molecule has 0 N–H and O–H groups in total. The maximum absolute atomic E-state index is 14.5. The highest BCUT2D eigenvalue weighted by atomic mass is 16.5. The van der Waals surface area contributed by atoms with Crippen molar-refractivity contribution in [3.8, 4) is 17.2 Å². The molecule has 1 aliphatic rings. The standard InChI is InChI=1S/C34H35NO4/c1-23-17-24(2)19-28(18-23)39-22-30-29-21-32(38-4)31(37-3)20-27(29)15-16-35(30)34(36)33(25-11-7-5-8-12-25)26-13-9-6-10-14-26/h5-14,17-21,30,33H,15-16,22H2,1-4H3. The summed E-state index contributed by atoms with van der Waals surface area (Å²) >= 11 is 0. The first-order chi connectivity index (χ1) is 19.0. The Hall–Kier alpha value is -4.25. The van der Waals surface area contributed by atoms with Crippen molar-refractivity contribution in [1.29, 1.82) is 0 Å². The van der Waals surface area contributed by atoms with Crippen LogP contribution >= 0.6 is 0 Å². The Kier molecular flexibility index (Phi) is 7.87. The summed E-state index contributed by atoms with van der Waals surface area (Å²) in [6.45, 7) is 5.03. The molecule has 1 aliphatic heterocycles. The molecule has 0 aromatic heterocycles. The number of rotatable bonds is 8. The quantitative estimate of drug-likeness (QED) is 0.260. The van der Waals surface area contributed by atoms with Gasteiger partial charge in [0, 0.05) is 6.54 Å². The van der Waals surface area contributed by atoms with Gasteiger partial charge in [0.15, 0.2) is 11.5 Å². The van der Waals surface area contributed by atoms with Gasteiger partial charge in [-0.25, -0.2) is 0 Å². The molecular weight excluding hydrogens is 486 g/mol. The minimum atomic E-state index is -0.419. The number of fused-ring (bicyclic) bond motifs is 1. The van der Waals surface area contributed by atoms with E-state index < -0.39 is 5.92 Å². The van der Waals surface area contributed by atoms with Crippen LogP contribution in [0.1, 0.15) is 45.3 Å². The molecule has 1 atom stereocenters. The maximum Gasteiger partial charge on any atom is 0.235 e. The van der Waals surface area contributed by atoms with E-state index in [1.807, 2.05) is 89.8 Å². The number of aryl methyl sites for hydroxylation is 2. The van der Waals surface area contributed by atoms with Gasteiger partial charge in [0.05, 0.1) is 26.2 Å². The first-order valence-electron chi connectivity index (χ1n) is 13.3. The van der Waals surface area contributed by atoms with Gasteiger partial charge in [-0.3, -0.25) is 4.79 Å². The lowest BCUT2D eigenvalue weighted by Gasteiger charge is -2.39. The largest absolute Gasteiger partial charge is 0.493 e. The highest BCUT2D eigenvalue weighted by Crippen LogP contribution is 2.40. The van der Waals surface area contributed by atoms with Crippen LogP contribution in [-0.2, 0) is 11.2 Å². The predicted octanol–water partition coefficient (Wildman–Crippen LogP) is 6.66. The van der Waals surface area contributed by atoms with Crippen LogP contribution in [0.5, 0.6) is 17.2 Å². The molecule has 1 unspecified atom stereocenters. The Balaban J connectivity index is 1.56. The molecule has 39 heavy (non-hydrogen) atoms. The second kappa shape index (κ2) is 11.6. The van der Waals surface area contributed by atoms with Gasteiger partial charge in [-0.05, 0) is 77.9 Å². The molecule has 5 rings (SSSR count). The third-order valence-corrected chi connectivity index (χ3v) is 7.40. The molecule has 0 radical (unpaired) electrons. The molecule has 0 fully saturated rings.